The molecule has 0 aromatic heterocycles. The molecule has 1 N–H and O–H groups in total. The molecule has 0 radical (unpaired) electrons. The Morgan fingerprint density at radius 2 is 2.08 bits per heavy atom. The van der Waals surface area contributed by atoms with Crippen LogP contribution in [-0.2, 0) is 14.8 Å². The van der Waals surface area contributed by atoms with E-state index in [9.17, 15) is 13.2 Å². The standard InChI is InChI=1S/C18H21N3O4S/c22-18(20-19-17-12-13-3-2-6-16(13)17)14-4-1-5-15(11-14)26(23,24)21-7-9-25-10-8-21/h1-5,11,13,16H,6-10,12H2,(H,20,22)/b19-17-. The summed E-state index contributed by atoms with van der Waals surface area (Å²) in [6.07, 6.45) is 6.21. The van der Waals surface area contributed by atoms with E-state index in [0.717, 1.165) is 18.6 Å². The predicted molar refractivity (Wildman–Crippen MR) is 96.3 cm³/mol. The summed E-state index contributed by atoms with van der Waals surface area (Å²) in [6, 6.07) is 6.08. The number of sulfonamides is 1. The van der Waals surface area contributed by atoms with Crippen LogP contribution in [0.15, 0.2) is 46.4 Å². The Balaban J connectivity index is 1.47. The van der Waals surface area contributed by atoms with Crippen LogP contribution in [0.1, 0.15) is 23.2 Å². The number of hydrazone groups is 1. The van der Waals surface area contributed by atoms with Gasteiger partial charge in [-0.3, -0.25) is 4.79 Å². The Morgan fingerprint density at radius 1 is 1.27 bits per heavy atom. The molecule has 1 heterocycles. The molecule has 3 aliphatic rings. The van der Waals surface area contributed by atoms with Gasteiger partial charge in [0.15, 0.2) is 0 Å². The highest BCUT2D eigenvalue weighted by atomic mass is 32.2. The molecular weight excluding hydrogens is 354 g/mol. The zero-order valence-corrected chi connectivity index (χ0v) is 15.1. The lowest BCUT2D eigenvalue weighted by Gasteiger charge is -2.31. The normalized spacial score (nSPS) is 27.2. The fourth-order valence-corrected chi connectivity index (χ4v) is 5.04. The number of morpholine rings is 1. The zero-order chi connectivity index (χ0) is 18.1. The van der Waals surface area contributed by atoms with Crippen LogP contribution in [-0.4, -0.2) is 50.6 Å². The minimum atomic E-state index is -3.63. The Labute approximate surface area is 152 Å². The maximum absolute atomic E-state index is 12.7. The van der Waals surface area contributed by atoms with Gasteiger partial charge in [-0.15, -0.1) is 0 Å². The Bertz CT molecular complexity index is 872. The molecular formula is C18H21N3O4S. The average molecular weight is 375 g/mol. The molecule has 2 unspecified atom stereocenters. The van der Waals surface area contributed by atoms with E-state index in [1.807, 2.05) is 0 Å². The number of allylic oxidation sites excluding steroid dienone is 2. The van der Waals surface area contributed by atoms with Crippen molar-refractivity contribution in [1.29, 1.82) is 0 Å². The third-order valence-corrected chi connectivity index (χ3v) is 7.06. The zero-order valence-electron chi connectivity index (χ0n) is 14.3. The smallest absolute Gasteiger partial charge is 0.271 e. The number of benzene rings is 1. The summed E-state index contributed by atoms with van der Waals surface area (Å²) in [5, 5.41) is 4.23. The van der Waals surface area contributed by atoms with Crippen LogP contribution in [0.5, 0.6) is 0 Å². The number of carbonyl (C=O) groups excluding carboxylic acids is 1. The van der Waals surface area contributed by atoms with Gasteiger partial charge in [-0.2, -0.15) is 9.41 Å². The quantitative estimate of drug-likeness (QED) is 0.636. The van der Waals surface area contributed by atoms with Crippen LogP contribution in [0, 0.1) is 11.8 Å². The minimum absolute atomic E-state index is 0.114. The Kier molecular flexibility index (Phi) is 4.64. The summed E-state index contributed by atoms with van der Waals surface area (Å²) in [5.74, 6) is 0.585. The molecule has 2 aliphatic carbocycles. The van der Waals surface area contributed by atoms with Gasteiger partial charge in [0.1, 0.15) is 0 Å². The summed E-state index contributed by atoms with van der Waals surface area (Å²) < 4.78 is 32.0. The van der Waals surface area contributed by atoms with Crippen LogP contribution in [0.25, 0.3) is 0 Å². The van der Waals surface area contributed by atoms with Crippen LogP contribution >= 0.6 is 0 Å². The van der Waals surface area contributed by atoms with Crippen molar-refractivity contribution in [2.24, 2.45) is 16.9 Å². The molecule has 0 spiro atoms. The van der Waals surface area contributed by atoms with Gasteiger partial charge in [-0.05, 0) is 37.0 Å². The van der Waals surface area contributed by atoms with Crippen molar-refractivity contribution in [3.8, 4) is 0 Å². The highest BCUT2D eigenvalue weighted by Gasteiger charge is 2.38. The van der Waals surface area contributed by atoms with Crippen molar-refractivity contribution in [2.45, 2.75) is 17.7 Å². The van der Waals surface area contributed by atoms with Crippen molar-refractivity contribution >= 4 is 21.6 Å². The highest BCUT2D eigenvalue weighted by Crippen LogP contribution is 2.40. The highest BCUT2D eigenvalue weighted by molar-refractivity contribution is 7.89. The van der Waals surface area contributed by atoms with Gasteiger partial charge in [-0.25, -0.2) is 13.8 Å². The molecule has 2 atom stereocenters. The number of nitrogens with one attached hydrogen (secondary N) is 1. The number of nitrogens with zero attached hydrogens (tertiary/aromatic N) is 2. The maximum Gasteiger partial charge on any atom is 0.271 e. The number of hydrogen-bond donors (Lipinski definition) is 1. The first kappa shape index (κ1) is 17.4. The minimum Gasteiger partial charge on any atom is -0.379 e. The molecule has 1 aliphatic heterocycles. The lowest BCUT2D eigenvalue weighted by atomic mass is 9.74. The van der Waals surface area contributed by atoms with Gasteiger partial charge < -0.3 is 4.74 Å². The van der Waals surface area contributed by atoms with Crippen LogP contribution in [0.2, 0.25) is 0 Å². The summed E-state index contributed by atoms with van der Waals surface area (Å²) in [7, 11) is -3.63. The lowest BCUT2D eigenvalue weighted by Crippen LogP contribution is -2.40. The predicted octanol–water partition coefficient (Wildman–Crippen LogP) is 1.39. The van der Waals surface area contributed by atoms with Crippen molar-refractivity contribution < 1.29 is 17.9 Å². The third-order valence-electron chi connectivity index (χ3n) is 5.17. The molecule has 0 bridgehead atoms. The van der Waals surface area contributed by atoms with Crippen molar-refractivity contribution in [1.82, 2.24) is 9.73 Å². The fraction of sp³-hybridized carbons (Fsp3) is 0.444. The van der Waals surface area contributed by atoms with E-state index in [0.29, 0.717) is 38.1 Å². The van der Waals surface area contributed by atoms with Crippen molar-refractivity contribution in [2.75, 3.05) is 26.3 Å². The van der Waals surface area contributed by atoms with Crippen molar-refractivity contribution in [3.05, 3.63) is 42.0 Å². The van der Waals surface area contributed by atoms with E-state index in [2.05, 4.69) is 22.7 Å². The summed E-state index contributed by atoms with van der Waals surface area (Å²) in [4.78, 5) is 12.5. The SMILES string of the molecule is O=C(N/N=C1/CC2C=CCC12)c1cccc(S(=O)(=O)N2CCOCC2)c1. The molecule has 1 aromatic rings. The monoisotopic (exact) mass is 375 g/mol. The van der Waals surface area contributed by atoms with Gasteiger partial charge in [0.2, 0.25) is 10.0 Å². The molecule has 4 rings (SSSR count). The molecule has 1 aromatic carbocycles. The van der Waals surface area contributed by atoms with Crippen LogP contribution < -0.4 is 5.43 Å². The van der Waals surface area contributed by atoms with Gasteiger partial charge in [0.05, 0.1) is 18.1 Å². The second-order valence-corrected chi connectivity index (χ2v) is 8.66. The number of ether oxygens (including phenoxy) is 1. The van der Waals surface area contributed by atoms with E-state index >= 15 is 0 Å². The van der Waals surface area contributed by atoms with E-state index in [1.54, 1.807) is 12.1 Å². The van der Waals surface area contributed by atoms with Gasteiger partial charge >= 0.3 is 0 Å². The van der Waals surface area contributed by atoms with Gasteiger partial charge in [-0.1, -0.05) is 18.2 Å². The largest absolute Gasteiger partial charge is 0.379 e. The molecule has 1 saturated carbocycles. The molecule has 1 saturated heterocycles. The van der Waals surface area contributed by atoms with E-state index in [4.69, 9.17) is 4.74 Å². The number of amides is 1. The lowest BCUT2D eigenvalue weighted by molar-refractivity contribution is 0.0730. The summed E-state index contributed by atoms with van der Waals surface area (Å²) in [6.45, 7) is 1.41. The molecule has 1 amide bonds. The third kappa shape index (κ3) is 3.20. The topological polar surface area (TPSA) is 88.1 Å². The van der Waals surface area contributed by atoms with Crippen LogP contribution in [0.3, 0.4) is 0 Å². The first-order valence-corrected chi connectivity index (χ1v) is 10.2. The molecule has 26 heavy (non-hydrogen) atoms. The Morgan fingerprint density at radius 3 is 2.85 bits per heavy atom. The maximum atomic E-state index is 12.7. The summed E-state index contributed by atoms with van der Waals surface area (Å²) in [5.41, 5.74) is 3.85. The Hall–Kier alpha value is -2.03. The number of fused-ring (bicyclic) bond motifs is 1. The van der Waals surface area contributed by atoms with E-state index in [-0.39, 0.29) is 10.5 Å². The first-order valence-electron chi connectivity index (χ1n) is 8.77. The van der Waals surface area contributed by atoms with E-state index < -0.39 is 15.9 Å². The van der Waals surface area contributed by atoms with Gasteiger partial charge in [0, 0.05) is 30.3 Å². The van der Waals surface area contributed by atoms with E-state index in [1.165, 1.54) is 16.4 Å². The molecule has 7 nitrogen and oxygen atoms in total. The fourth-order valence-electron chi connectivity index (χ4n) is 3.58. The number of hydrogen-bond acceptors (Lipinski definition) is 5. The first-order chi connectivity index (χ1) is 12.6. The number of carbonyl (C=O) groups is 1. The molecule has 138 valence electrons. The average Bonchev–Trinajstić information content (AvgIpc) is 3.03. The molecule has 2 fully saturated rings. The van der Waals surface area contributed by atoms with Crippen molar-refractivity contribution in [3.63, 3.8) is 0 Å². The van der Waals surface area contributed by atoms with Gasteiger partial charge in [0.25, 0.3) is 5.91 Å². The second kappa shape index (κ2) is 6.94. The number of rotatable bonds is 4. The summed E-state index contributed by atoms with van der Waals surface area (Å²) >= 11 is 0. The second-order valence-electron chi connectivity index (χ2n) is 6.73. The molecule has 8 heteroatoms. The van der Waals surface area contributed by atoms with Crippen LogP contribution in [0.4, 0.5) is 0 Å².